The molecular formula is C15H15BrO5. The Kier molecular flexibility index (Phi) is 1.52. The lowest BCUT2D eigenvalue weighted by Gasteiger charge is -2.70. The third-order valence-electron chi connectivity index (χ3n) is 8.04. The van der Waals surface area contributed by atoms with Crippen LogP contribution in [0.5, 0.6) is 0 Å². The van der Waals surface area contributed by atoms with Gasteiger partial charge in [-0.2, -0.15) is 0 Å². The number of rotatable bonds is 1. The van der Waals surface area contributed by atoms with Crippen LogP contribution in [0, 0.1) is 40.9 Å². The molecule has 5 nitrogen and oxygen atoms in total. The van der Waals surface area contributed by atoms with Crippen molar-refractivity contribution in [2.45, 2.75) is 15.9 Å². The number of aldehydes is 1. The highest BCUT2D eigenvalue weighted by atomic mass is 79.9. The molecule has 0 amide bonds. The summed E-state index contributed by atoms with van der Waals surface area (Å²) in [4.78, 5) is 12.2. The summed E-state index contributed by atoms with van der Waals surface area (Å²) in [6, 6.07) is 0. The van der Waals surface area contributed by atoms with Crippen LogP contribution in [0.25, 0.3) is 0 Å². The predicted molar refractivity (Wildman–Crippen MR) is 70.4 cm³/mol. The Morgan fingerprint density at radius 3 is 1.86 bits per heavy atom. The molecule has 0 N–H and O–H groups in total. The first-order valence-corrected chi connectivity index (χ1v) is 8.71. The Bertz CT molecular complexity index is 611. The van der Waals surface area contributed by atoms with Crippen LogP contribution in [-0.4, -0.2) is 48.6 Å². The topological polar surface area (TPSA) is 54.0 Å². The minimum atomic E-state index is -0.690. The average Bonchev–Trinajstić information content (AvgIpc) is 3.24. The second-order valence-electron chi connectivity index (χ2n) is 7.70. The lowest BCUT2D eigenvalue weighted by molar-refractivity contribution is -0.278. The van der Waals surface area contributed by atoms with Gasteiger partial charge in [-0.3, -0.25) is 0 Å². The molecule has 8 aliphatic rings. The molecule has 2 spiro atoms. The van der Waals surface area contributed by atoms with Gasteiger partial charge in [-0.1, -0.05) is 15.9 Å². The predicted octanol–water partition coefficient (Wildman–Crippen LogP) is 0.557. The molecule has 0 radical (unpaired) electrons. The van der Waals surface area contributed by atoms with Crippen molar-refractivity contribution in [3.8, 4) is 0 Å². The van der Waals surface area contributed by atoms with E-state index in [0.29, 0.717) is 50.1 Å². The number of carbonyl (C=O) groups is 1. The van der Waals surface area contributed by atoms with E-state index in [9.17, 15) is 4.79 Å². The zero-order chi connectivity index (χ0) is 13.8. The zero-order valence-corrected chi connectivity index (χ0v) is 12.9. The van der Waals surface area contributed by atoms with Crippen molar-refractivity contribution >= 4 is 22.2 Å². The first kappa shape index (κ1) is 11.5. The van der Waals surface area contributed by atoms with Gasteiger partial charge in [0.15, 0.2) is 11.6 Å². The van der Waals surface area contributed by atoms with Gasteiger partial charge < -0.3 is 23.7 Å². The van der Waals surface area contributed by atoms with Crippen molar-refractivity contribution < 1.29 is 23.7 Å². The number of halogens is 1. The Morgan fingerprint density at radius 2 is 1.24 bits per heavy atom. The number of ether oxygens (including phenoxy) is 4. The third kappa shape index (κ3) is 0.660. The Hall–Kier alpha value is -0.0100. The van der Waals surface area contributed by atoms with Crippen LogP contribution in [0.1, 0.15) is 0 Å². The van der Waals surface area contributed by atoms with Crippen LogP contribution in [0.2, 0.25) is 0 Å². The van der Waals surface area contributed by atoms with Crippen LogP contribution < -0.4 is 0 Å². The van der Waals surface area contributed by atoms with E-state index in [2.05, 4.69) is 15.9 Å². The fourth-order valence-corrected chi connectivity index (χ4v) is 9.78. The number of hydrogen-bond acceptors (Lipinski definition) is 5. The van der Waals surface area contributed by atoms with Gasteiger partial charge in [0.2, 0.25) is 0 Å². The van der Waals surface area contributed by atoms with Gasteiger partial charge >= 0.3 is 0 Å². The highest BCUT2D eigenvalue weighted by molar-refractivity contribution is 9.10. The SMILES string of the molecule is O=C[C@@]12[C@@H]3[C@@H]4[C@@H]1[C@H]1[C@@H]([C@@H]3[C@@]4(Br)C13OCCO3)C21OCCO1. The van der Waals surface area contributed by atoms with Crippen molar-refractivity contribution in [1.82, 2.24) is 0 Å². The third-order valence-corrected chi connectivity index (χ3v) is 9.65. The van der Waals surface area contributed by atoms with Crippen molar-refractivity contribution in [1.29, 1.82) is 0 Å². The largest absolute Gasteiger partial charge is 0.346 e. The lowest BCUT2D eigenvalue weighted by atomic mass is 9.35. The van der Waals surface area contributed by atoms with Gasteiger partial charge in [0.25, 0.3) is 0 Å². The van der Waals surface area contributed by atoms with Gasteiger partial charge in [0.1, 0.15) is 6.29 Å². The highest BCUT2D eigenvalue weighted by Gasteiger charge is 3.08. The number of alkyl halides is 1. The lowest BCUT2D eigenvalue weighted by Crippen LogP contribution is -2.76. The van der Waals surface area contributed by atoms with Crippen LogP contribution in [0.3, 0.4) is 0 Å². The first-order chi connectivity index (χ1) is 10.2. The zero-order valence-electron chi connectivity index (χ0n) is 11.3. The van der Waals surface area contributed by atoms with E-state index in [4.69, 9.17) is 18.9 Å². The maximum atomic E-state index is 12.2. The smallest absolute Gasteiger partial charge is 0.188 e. The minimum absolute atomic E-state index is 0.119. The molecule has 8 rings (SSSR count). The Morgan fingerprint density at radius 1 is 0.762 bits per heavy atom. The molecule has 2 saturated heterocycles. The van der Waals surface area contributed by atoms with Gasteiger partial charge in [0.05, 0.1) is 36.2 Å². The summed E-state index contributed by atoms with van der Waals surface area (Å²) >= 11 is 4.03. The molecule has 8 atom stereocenters. The van der Waals surface area contributed by atoms with E-state index < -0.39 is 17.0 Å². The van der Waals surface area contributed by atoms with Gasteiger partial charge in [0, 0.05) is 11.8 Å². The summed E-state index contributed by atoms with van der Waals surface area (Å²) < 4.78 is 24.5. The summed E-state index contributed by atoms with van der Waals surface area (Å²) in [5.41, 5.74) is -0.440. The molecule has 6 saturated carbocycles. The molecule has 6 heteroatoms. The molecule has 112 valence electrons. The summed E-state index contributed by atoms with van der Waals surface area (Å²) in [6.07, 6.45) is 1.16. The molecule has 6 aliphatic carbocycles. The maximum Gasteiger partial charge on any atom is 0.188 e. The molecule has 2 heterocycles. The van der Waals surface area contributed by atoms with Crippen LogP contribution >= 0.6 is 15.9 Å². The maximum absolute atomic E-state index is 12.2. The fourth-order valence-electron chi connectivity index (χ4n) is 8.15. The average molecular weight is 355 g/mol. The van der Waals surface area contributed by atoms with Crippen LogP contribution in [0.4, 0.5) is 0 Å². The Balaban J connectivity index is 1.54. The summed E-state index contributed by atoms with van der Waals surface area (Å²) in [5, 5.41) is 0. The summed E-state index contributed by atoms with van der Waals surface area (Å²) in [7, 11) is 0. The van der Waals surface area contributed by atoms with E-state index in [0.717, 1.165) is 6.29 Å². The molecule has 2 aliphatic heterocycles. The molecule has 0 aromatic rings. The van der Waals surface area contributed by atoms with Crippen molar-refractivity contribution in [3.05, 3.63) is 0 Å². The molecule has 8 fully saturated rings. The summed E-state index contributed by atoms with van der Waals surface area (Å²) in [6.45, 7) is 2.49. The standard InChI is InChI=1S/C15H15BrO5/c16-13-8-6-9(13)11-10(15(13)20-3-4-21-15)7(8)12(6,5-17)14(11)18-1-2-19-14/h5-11H,1-4H2/t6-,7-,8-,9-,10+,11-,12-,13-/m1/s1. The molecular weight excluding hydrogens is 340 g/mol. The van der Waals surface area contributed by atoms with Crippen molar-refractivity contribution in [2.24, 2.45) is 40.9 Å². The van der Waals surface area contributed by atoms with E-state index >= 15 is 0 Å². The number of carbonyl (C=O) groups excluding carboxylic acids is 1. The summed E-state index contributed by atoms with van der Waals surface area (Å²) in [5.74, 6) is 0.807. The second kappa shape index (κ2) is 2.77. The molecule has 21 heavy (non-hydrogen) atoms. The van der Waals surface area contributed by atoms with E-state index in [1.165, 1.54) is 0 Å². The highest BCUT2D eigenvalue weighted by Crippen LogP contribution is 3.00. The molecule has 0 unspecified atom stereocenters. The second-order valence-corrected chi connectivity index (χ2v) is 9.01. The number of hydrogen-bond donors (Lipinski definition) is 0. The van der Waals surface area contributed by atoms with E-state index in [-0.39, 0.29) is 16.2 Å². The van der Waals surface area contributed by atoms with Gasteiger partial charge in [-0.15, -0.1) is 0 Å². The molecule has 0 aromatic heterocycles. The van der Waals surface area contributed by atoms with E-state index in [1.54, 1.807) is 0 Å². The quantitative estimate of drug-likeness (QED) is 0.508. The fraction of sp³-hybridized carbons (Fsp3) is 0.933. The van der Waals surface area contributed by atoms with Gasteiger partial charge in [-0.05, 0) is 23.7 Å². The minimum Gasteiger partial charge on any atom is -0.346 e. The first-order valence-electron chi connectivity index (χ1n) is 7.92. The molecule has 4 bridgehead atoms. The van der Waals surface area contributed by atoms with Crippen molar-refractivity contribution in [2.75, 3.05) is 26.4 Å². The van der Waals surface area contributed by atoms with Crippen LogP contribution in [0.15, 0.2) is 0 Å². The van der Waals surface area contributed by atoms with Crippen LogP contribution in [-0.2, 0) is 23.7 Å². The Labute approximate surface area is 129 Å². The monoisotopic (exact) mass is 354 g/mol. The van der Waals surface area contributed by atoms with E-state index in [1.807, 2.05) is 0 Å². The normalized spacial score (nSPS) is 68.0. The van der Waals surface area contributed by atoms with Gasteiger partial charge in [-0.25, -0.2) is 0 Å². The molecule has 0 aromatic carbocycles. The van der Waals surface area contributed by atoms with Crippen molar-refractivity contribution in [3.63, 3.8) is 0 Å².